The fourth-order valence-electron chi connectivity index (χ4n) is 1.72. The number of thioether (sulfide) groups is 1. The summed E-state index contributed by atoms with van der Waals surface area (Å²) in [7, 11) is 1.33. The maximum atomic E-state index is 12.0. The summed E-state index contributed by atoms with van der Waals surface area (Å²) in [5, 5.41) is 2.74. The number of ether oxygens (including phenoxy) is 1. The summed E-state index contributed by atoms with van der Waals surface area (Å²) in [4.78, 5) is 24.6. The van der Waals surface area contributed by atoms with Crippen LogP contribution in [-0.4, -0.2) is 30.8 Å². The number of carbonyl (C=O) groups is 2. The molecule has 1 rings (SSSR count). The van der Waals surface area contributed by atoms with E-state index in [-0.39, 0.29) is 17.6 Å². The average Bonchev–Trinajstić information content (AvgIpc) is 2.50. The summed E-state index contributed by atoms with van der Waals surface area (Å²) in [6.45, 7) is 3.88. The molecular formula is C15H22N2O3S. The van der Waals surface area contributed by atoms with Crippen LogP contribution in [0.3, 0.4) is 0 Å². The van der Waals surface area contributed by atoms with Gasteiger partial charge in [0, 0.05) is 10.6 Å². The summed E-state index contributed by atoms with van der Waals surface area (Å²) in [6, 6.07) is 6.70. The minimum absolute atomic E-state index is 0.0305. The number of methoxy groups -OCH3 is 1. The highest BCUT2D eigenvalue weighted by Crippen LogP contribution is 2.19. The topological polar surface area (TPSA) is 81.4 Å². The van der Waals surface area contributed by atoms with Gasteiger partial charge in [-0.15, -0.1) is 11.8 Å². The fraction of sp³-hybridized carbons (Fsp3) is 0.467. The van der Waals surface area contributed by atoms with E-state index in [4.69, 9.17) is 10.5 Å². The molecule has 0 fully saturated rings. The lowest BCUT2D eigenvalue weighted by Crippen LogP contribution is -2.46. The average molecular weight is 310 g/mol. The van der Waals surface area contributed by atoms with Crippen LogP contribution < -0.4 is 11.1 Å². The Kier molecular flexibility index (Phi) is 7.08. The van der Waals surface area contributed by atoms with Crippen molar-refractivity contribution < 1.29 is 14.3 Å². The molecule has 0 saturated heterocycles. The minimum atomic E-state index is -0.598. The molecule has 21 heavy (non-hydrogen) atoms. The number of anilines is 1. The highest BCUT2D eigenvalue weighted by atomic mass is 32.2. The number of nitrogens with one attached hydrogen (secondary N) is 1. The number of carbonyl (C=O) groups excluding carboxylic acids is 2. The molecule has 1 aromatic rings. The molecule has 1 aromatic carbocycles. The van der Waals surface area contributed by atoms with Gasteiger partial charge in [-0.25, -0.2) is 4.79 Å². The van der Waals surface area contributed by atoms with Crippen LogP contribution >= 0.6 is 11.8 Å². The van der Waals surface area contributed by atoms with Gasteiger partial charge in [0.15, 0.2) is 0 Å². The van der Waals surface area contributed by atoms with Crippen molar-refractivity contribution in [1.82, 2.24) is 5.32 Å². The Balaban J connectivity index is 2.53. The summed E-state index contributed by atoms with van der Waals surface area (Å²) >= 11 is 1.40. The Morgan fingerprint density at radius 2 is 1.95 bits per heavy atom. The Morgan fingerprint density at radius 3 is 2.48 bits per heavy atom. The van der Waals surface area contributed by atoms with Crippen LogP contribution in [0.5, 0.6) is 0 Å². The monoisotopic (exact) mass is 310 g/mol. The molecule has 0 aliphatic rings. The van der Waals surface area contributed by atoms with Crippen LogP contribution in [-0.2, 0) is 14.3 Å². The molecule has 0 aromatic heterocycles. The van der Waals surface area contributed by atoms with Crippen LogP contribution in [0, 0.1) is 5.92 Å². The maximum Gasteiger partial charge on any atom is 0.328 e. The normalized spacial score (nSPS) is 13.3. The van der Waals surface area contributed by atoms with E-state index in [9.17, 15) is 9.59 Å². The van der Waals surface area contributed by atoms with Gasteiger partial charge in [0.05, 0.1) is 12.9 Å². The van der Waals surface area contributed by atoms with Gasteiger partial charge in [-0.2, -0.15) is 0 Å². The van der Waals surface area contributed by atoms with Gasteiger partial charge >= 0.3 is 5.97 Å². The van der Waals surface area contributed by atoms with Crippen molar-refractivity contribution in [1.29, 1.82) is 0 Å². The first-order valence-corrected chi connectivity index (χ1v) is 7.82. The molecule has 0 radical (unpaired) electrons. The van der Waals surface area contributed by atoms with Gasteiger partial charge in [0.1, 0.15) is 6.04 Å². The Bertz CT molecular complexity index is 476. The number of esters is 1. The molecular weight excluding hydrogens is 288 g/mol. The smallest absolute Gasteiger partial charge is 0.328 e. The van der Waals surface area contributed by atoms with Crippen molar-refractivity contribution in [2.45, 2.75) is 31.2 Å². The van der Waals surface area contributed by atoms with Crippen LogP contribution in [0.4, 0.5) is 5.69 Å². The third-order valence-electron chi connectivity index (χ3n) is 3.23. The molecule has 0 aliphatic heterocycles. The van der Waals surface area contributed by atoms with Crippen molar-refractivity contribution in [3.05, 3.63) is 24.3 Å². The zero-order chi connectivity index (χ0) is 15.8. The quantitative estimate of drug-likeness (QED) is 0.458. The fourth-order valence-corrected chi connectivity index (χ4v) is 2.43. The number of amides is 1. The summed E-state index contributed by atoms with van der Waals surface area (Å²) in [6.07, 6.45) is 0.783. The van der Waals surface area contributed by atoms with Gasteiger partial charge < -0.3 is 15.8 Å². The molecule has 3 N–H and O–H groups in total. The lowest BCUT2D eigenvalue weighted by atomic mass is 9.99. The molecule has 0 spiro atoms. The lowest BCUT2D eigenvalue weighted by molar-refractivity contribution is -0.146. The SMILES string of the molecule is CCC(C)C(NC(=O)CSc1ccc(N)cc1)C(=O)OC. The number of hydrogen-bond acceptors (Lipinski definition) is 5. The van der Waals surface area contributed by atoms with Crippen LogP contribution in [0.2, 0.25) is 0 Å². The predicted molar refractivity (Wildman–Crippen MR) is 85.0 cm³/mol. The molecule has 0 aliphatic carbocycles. The second kappa shape index (κ2) is 8.56. The molecule has 0 saturated carbocycles. The van der Waals surface area contributed by atoms with Gasteiger partial charge in [-0.3, -0.25) is 4.79 Å². The van der Waals surface area contributed by atoms with Gasteiger partial charge in [0.2, 0.25) is 5.91 Å². The molecule has 6 heteroatoms. The first-order valence-electron chi connectivity index (χ1n) is 6.83. The first kappa shape index (κ1) is 17.4. The number of rotatable bonds is 7. The number of benzene rings is 1. The predicted octanol–water partition coefficient (Wildman–Crippen LogP) is 2.06. The third kappa shape index (κ3) is 5.67. The van der Waals surface area contributed by atoms with E-state index in [1.807, 2.05) is 26.0 Å². The van der Waals surface area contributed by atoms with E-state index in [0.717, 1.165) is 11.3 Å². The van der Waals surface area contributed by atoms with Crippen molar-refractivity contribution in [2.75, 3.05) is 18.6 Å². The Hall–Kier alpha value is -1.69. The van der Waals surface area contributed by atoms with Crippen LogP contribution in [0.1, 0.15) is 20.3 Å². The Morgan fingerprint density at radius 1 is 1.33 bits per heavy atom. The number of nitrogen functional groups attached to an aromatic ring is 1. The first-order chi connectivity index (χ1) is 9.97. The van der Waals surface area contributed by atoms with Crippen molar-refractivity contribution in [3.8, 4) is 0 Å². The maximum absolute atomic E-state index is 12.0. The van der Waals surface area contributed by atoms with Crippen molar-refractivity contribution in [2.24, 2.45) is 5.92 Å². The molecule has 1 amide bonds. The van der Waals surface area contributed by atoms with Gasteiger partial charge in [-0.05, 0) is 30.2 Å². The van der Waals surface area contributed by atoms with Gasteiger partial charge in [0.25, 0.3) is 0 Å². The van der Waals surface area contributed by atoms with E-state index in [1.165, 1.54) is 18.9 Å². The van der Waals surface area contributed by atoms with Crippen molar-refractivity contribution >= 4 is 29.3 Å². The lowest BCUT2D eigenvalue weighted by Gasteiger charge is -2.21. The molecule has 2 atom stereocenters. The molecule has 2 unspecified atom stereocenters. The molecule has 0 heterocycles. The zero-order valence-corrected chi connectivity index (χ0v) is 13.4. The highest BCUT2D eigenvalue weighted by Gasteiger charge is 2.26. The Labute approximate surface area is 129 Å². The second-order valence-electron chi connectivity index (χ2n) is 4.81. The number of nitrogens with two attached hydrogens (primary N) is 1. The van der Waals surface area contributed by atoms with Crippen molar-refractivity contribution in [3.63, 3.8) is 0 Å². The van der Waals surface area contributed by atoms with E-state index in [0.29, 0.717) is 5.69 Å². The van der Waals surface area contributed by atoms with Crippen LogP contribution in [0.15, 0.2) is 29.2 Å². The zero-order valence-electron chi connectivity index (χ0n) is 12.6. The van der Waals surface area contributed by atoms with E-state index >= 15 is 0 Å². The van der Waals surface area contributed by atoms with E-state index in [2.05, 4.69) is 5.32 Å². The third-order valence-corrected chi connectivity index (χ3v) is 4.25. The molecule has 116 valence electrons. The summed E-state index contributed by atoms with van der Waals surface area (Å²) in [5.41, 5.74) is 6.29. The summed E-state index contributed by atoms with van der Waals surface area (Å²) in [5.74, 6) is -0.320. The van der Waals surface area contributed by atoms with E-state index < -0.39 is 12.0 Å². The second-order valence-corrected chi connectivity index (χ2v) is 5.86. The standard InChI is InChI=1S/C15H22N2O3S/c1-4-10(2)14(15(19)20-3)17-13(18)9-21-12-7-5-11(16)6-8-12/h5-8,10,14H,4,9,16H2,1-3H3,(H,17,18). The number of hydrogen-bond donors (Lipinski definition) is 2. The largest absolute Gasteiger partial charge is 0.467 e. The van der Waals surface area contributed by atoms with E-state index in [1.54, 1.807) is 12.1 Å². The molecule has 0 bridgehead atoms. The summed E-state index contributed by atoms with van der Waals surface area (Å²) < 4.78 is 4.74. The minimum Gasteiger partial charge on any atom is -0.467 e. The highest BCUT2D eigenvalue weighted by molar-refractivity contribution is 8.00. The van der Waals surface area contributed by atoms with Crippen LogP contribution in [0.25, 0.3) is 0 Å². The molecule has 5 nitrogen and oxygen atoms in total. The van der Waals surface area contributed by atoms with Gasteiger partial charge in [-0.1, -0.05) is 20.3 Å².